The van der Waals surface area contributed by atoms with Gasteiger partial charge in [-0.2, -0.15) is 0 Å². The number of ether oxygens (including phenoxy) is 2. The zero-order chi connectivity index (χ0) is 24.3. The first-order valence-corrected chi connectivity index (χ1v) is 10.4. The fraction of sp³-hybridized carbons (Fsp3) is 0.0476. The fourth-order valence-corrected chi connectivity index (χ4v) is 4.25. The van der Waals surface area contributed by atoms with Crippen LogP contribution < -0.4 is 9.47 Å². The summed E-state index contributed by atoms with van der Waals surface area (Å²) in [6, 6.07) is 6.25. The molecule has 0 aliphatic heterocycles. The number of halogens is 3. The van der Waals surface area contributed by atoms with E-state index < -0.39 is 67.1 Å². The van der Waals surface area contributed by atoms with E-state index in [1.54, 1.807) is 0 Å². The summed E-state index contributed by atoms with van der Waals surface area (Å²) >= 11 is 0. The molecule has 0 bridgehead atoms. The zero-order valence-corrected chi connectivity index (χ0v) is 17.5. The van der Waals surface area contributed by atoms with Crippen LogP contribution in [0.5, 0.6) is 11.5 Å². The van der Waals surface area contributed by atoms with Crippen LogP contribution in [0.25, 0.3) is 11.3 Å². The summed E-state index contributed by atoms with van der Waals surface area (Å²) in [5.74, 6) is -6.57. The highest BCUT2D eigenvalue weighted by Crippen LogP contribution is 2.43. The highest BCUT2D eigenvalue weighted by atomic mass is 32.2. The van der Waals surface area contributed by atoms with Gasteiger partial charge in [-0.3, -0.25) is 0 Å². The Hall–Kier alpha value is -4.06. The van der Waals surface area contributed by atoms with E-state index in [0.29, 0.717) is 28.3 Å². The molecule has 0 unspecified atom stereocenters. The monoisotopic (exact) mass is 481 g/mol. The maximum atomic E-state index is 14.6. The van der Waals surface area contributed by atoms with Crippen LogP contribution >= 0.6 is 0 Å². The number of nitrogens with zero attached hydrogens (tertiary/aromatic N) is 1. The Morgan fingerprint density at radius 1 is 1.03 bits per heavy atom. The SMILES string of the molecule is COc1c(OC(=O)/C=C/C(=O)O)cn(S(=O)(=O)c2cccc(F)c2)c1-c1ccc(F)cc1F. The number of rotatable bonds is 7. The van der Waals surface area contributed by atoms with Gasteiger partial charge in [0.05, 0.1) is 18.2 Å². The largest absolute Gasteiger partial charge is 0.491 e. The Morgan fingerprint density at radius 3 is 2.33 bits per heavy atom. The number of hydrogen-bond donors (Lipinski definition) is 1. The molecule has 0 aliphatic carbocycles. The van der Waals surface area contributed by atoms with E-state index in [9.17, 15) is 31.2 Å². The normalized spacial score (nSPS) is 11.5. The molecular weight excluding hydrogens is 467 g/mol. The first-order chi connectivity index (χ1) is 15.5. The first-order valence-electron chi connectivity index (χ1n) is 8.93. The van der Waals surface area contributed by atoms with Crippen LogP contribution in [0.3, 0.4) is 0 Å². The summed E-state index contributed by atoms with van der Waals surface area (Å²) in [7, 11) is -3.53. The molecule has 0 saturated heterocycles. The third kappa shape index (κ3) is 4.90. The van der Waals surface area contributed by atoms with Crippen LogP contribution in [0, 0.1) is 17.5 Å². The first kappa shape index (κ1) is 23.6. The quantitative estimate of drug-likeness (QED) is 0.407. The minimum atomic E-state index is -4.61. The standard InChI is InChI=1S/C21H14F3NO7S/c1-31-21-17(32-19(28)8-7-18(26)27)11-25(20(21)15-6-5-13(23)10-16(15)24)33(29,30)14-4-2-3-12(22)9-14/h2-11H,1H3,(H,26,27)/b8-7+. The van der Waals surface area contributed by atoms with Crippen molar-refractivity contribution in [2.45, 2.75) is 4.90 Å². The van der Waals surface area contributed by atoms with Gasteiger partial charge in [-0.1, -0.05) is 6.07 Å². The number of esters is 1. The number of methoxy groups -OCH3 is 1. The minimum Gasteiger partial charge on any atom is -0.491 e. The molecule has 0 amide bonds. The van der Waals surface area contributed by atoms with Gasteiger partial charge in [0.2, 0.25) is 0 Å². The summed E-state index contributed by atoms with van der Waals surface area (Å²) in [6.07, 6.45) is 1.80. The molecule has 8 nitrogen and oxygen atoms in total. The lowest BCUT2D eigenvalue weighted by Gasteiger charge is -2.12. The number of benzene rings is 2. The summed E-state index contributed by atoms with van der Waals surface area (Å²) in [4.78, 5) is 22.0. The molecule has 0 atom stereocenters. The average Bonchev–Trinajstić information content (AvgIpc) is 3.10. The van der Waals surface area contributed by atoms with E-state index in [2.05, 4.69) is 0 Å². The highest BCUT2D eigenvalue weighted by molar-refractivity contribution is 7.90. The number of hydrogen-bond acceptors (Lipinski definition) is 6. The topological polar surface area (TPSA) is 112 Å². The molecule has 0 fully saturated rings. The highest BCUT2D eigenvalue weighted by Gasteiger charge is 2.30. The molecule has 0 radical (unpaired) electrons. The molecule has 3 rings (SSSR count). The number of carboxylic acid groups (broad SMARTS) is 1. The van der Waals surface area contributed by atoms with Crippen molar-refractivity contribution in [2.75, 3.05) is 7.11 Å². The maximum absolute atomic E-state index is 14.6. The molecule has 172 valence electrons. The van der Waals surface area contributed by atoms with Gasteiger partial charge in [0.25, 0.3) is 10.0 Å². The number of carboxylic acids is 1. The van der Waals surface area contributed by atoms with E-state index in [4.69, 9.17) is 14.6 Å². The lowest BCUT2D eigenvalue weighted by molar-refractivity contribution is -0.133. The van der Waals surface area contributed by atoms with Gasteiger partial charge in [-0.25, -0.2) is 35.2 Å². The van der Waals surface area contributed by atoms with Crippen LogP contribution in [0.2, 0.25) is 0 Å². The number of aromatic nitrogens is 1. The summed E-state index contributed by atoms with van der Waals surface area (Å²) in [5, 5.41) is 8.63. The smallest absolute Gasteiger partial charge is 0.336 e. The van der Waals surface area contributed by atoms with Gasteiger partial charge < -0.3 is 14.6 Å². The lowest BCUT2D eigenvalue weighted by atomic mass is 10.1. The Morgan fingerprint density at radius 2 is 1.73 bits per heavy atom. The van der Waals surface area contributed by atoms with E-state index >= 15 is 0 Å². The number of carbonyl (C=O) groups is 2. The van der Waals surface area contributed by atoms with Gasteiger partial charge in [-0.15, -0.1) is 0 Å². The predicted molar refractivity (Wildman–Crippen MR) is 108 cm³/mol. The number of carbonyl (C=O) groups excluding carboxylic acids is 1. The maximum Gasteiger partial charge on any atom is 0.336 e. The molecule has 0 spiro atoms. The third-order valence-electron chi connectivity index (χ3n) is 4.21. The van der Waals surface area contributed by atoms with Crippen molar-refractivity contribution in [3.8, 4) is 22.8 Å². The molecule has 2 aromatic carbocycles. The third-order valence-corrected chi connectivity index (χ3v) is 5.87. The molecule has 1 heterocycles. The second-order valence-corrected chi connectivity index (χ2v) is 8.17. The van der Waals surface area contributed by atoms with Crippen LogP contribution in [0.1, 0.15) is 0 Å². The van der Waals surface area contributed by atoms with Crippen LogP contribution in [0.15, 0.2) is 65.7 Å². The second kappa shape index (κ2) is 9.20. The second-order valence-electron chi connectivity index (χ2n) is 6.35. The molecule has 1 aromatic heterocycles. The fourth-order valence-electron chi connectivity index (χ4n) is 2.85. The molecule has 3 aromatic rings. The molecular formula is C21H14F3NO7S. The zero-order valence-electron chi connectivity index (χ0n) is 16.7. The minimum absolute atomic E-state index is 0.433. The van der Waals surface area contributed by atoms with Gasteiger partial charge in [0.15, 0.2) is 11.5 Å². The molecule has 0 aliphatic rings. The van der Waals surface area contributed by atoms with E-state index in [0.717, 1.165) is 43.6 Å². The Kier molecular flexibility index (Phi) is 6.58. The van der Waals surface area contributed by atoms with Crippen LogP contribution in [-0.4, -0.2) is 36.5 Å². The Balaban J connectivity index is 2.28. The van der Waals surface area contributed by atoms with Gasteiger partial charge in [0.1, 0.15) is 23.1 Å². The summed E-state index contributed by atoms with van der Waals surface area (Å²) in [5.41, 5.74) is -0.916. The molecule has 12 heteroatoms. The summed E-state index contributed by atoms with van der Waals surface area (Å²) in [6.45, 7) is 0. The van der Waals surface area contributed by atoms with Crippen molar-refractivity contribution in [1.29, 1.82) is 0 Å². The number of aliphatic carboxylic acids is 1. The van der Waals surface area contributed by atoms with Crippen molar-refractivity contribution in [3.05, 3.63) is 78.3 Å². The van der Waals surface area contributed by atoms with E-state index in [-0.39, 0.29) is 0 Å². The van der Waals surface area contributed by atoms with E-state index in [1.807, 2.05) is 0 Å². The lowest BCUT2D eigenvalue weighted by Crippen LogP contribution is -2.14. The van der Waals surface area contributed by atoms with Gasteiger partial charge in [0, 0.05) is 23.8 Å². The van der Waals surface area contributed by atoms with Crippen molar-refractivity contribution < 1.29 is 45.8 Å². The molecule has 33 heavy (non-hydrogen) atoms. The summed E-state index contributed by atoms with van der Waals surface area (Å²) < 4.78 is 78.9. The van der Waals surface area contributed by atoms with Crippen molar-refractivity contribution in [3.63, 3.8) is 0 Å². The van der Waals surface area contributed by atoms with Crippen molar-refractivity contribution in [1.82, 2.24) is 3.97 Å². The Bertz CT molecular complexity index is 1380. The van der Waals surface area contributed by atoms with Crippen LogP contribution in [0.4, 0.5) is 13.2 Å². The van der Waals surface area contributed by atoms with Crippen molar-refractivity contribution in [2.24, 2.45) is 0 Å². The van der Waals surface area contributed by atoms with Crippen LogP contribution in [-0.2, 0) is 19.6 Å². The predicted octanol–water partition coefficient (Wildman–Crippen LogP) is 3.36. The van der Waals surface area contributed by atoms with Gasteiger partial charge >= 0.3 is 11.9 Å². The molecule has 1 N–H and O–H groups in total. The Labute approximate surface area is 185 Å². The van der Waals surface area contributed by atoms with Crippen molar-refractivity contribution >= 4 is 22.0 Å². The van der Waals surface area contributed by atoms with E-state index in [1.165, 1.54) is 0 Å². The average molecular weight is 481 g/mol. The molecule has 0 saturated carbocycles. The van der Waals surface area contributed by atoms with Gasteiger partial charge in [-0.05, 0) is 30.3 Å².